The number of hydrogen-bond acceptors (Lipinski definition) is 1. The Balaban J connectivity index is 2.72. The Kier molecular flexibility index (Phi) is 4.16. The first kappa shape index (κ1) is 10.1. The van der Waals surface area contributed by atoms with Crippen LogP contribution in [-0.2, 0) is 6.42 Å². The maximum absolute atomic E-state index is 3.55. The Morgan fingerprint density at radius 3 is 2.83 bits per heavy atom. The van der Waals surface area contributed by atoms with Gasteiger partial charge in [0.25, 0.3) is 0 Å². The highest BCUT2D eigenvalue weighted by atomic mass is 79.9. The topological polar surface area (TPSA) is 0 Å². The van der Waals surface area contributed by atoms with E-state index in [1.54, 1.807) is 11.8 Å². The molecule has 0 nitrogen and oxygen atoms in total. The average molecular weight is 245 g/mol. The van der Waals surface area contributed by atoms with Crippen molar-refractivity contribution in [2.45, 2.75) is 23.1 Å². The number of alkyl halides is 1. The van der Waals surface area contributed by atoms with Gasteiger partial charge in [0.05, 0.1) is 0 Å². The molecule has 0 saturated carbocycles. The van der Waals surface area contributed by atoms with E-state index in [0.29, 0.717) is 4.83 Å². The number of halogens is 1. The van der Waals surface area contributed by atoms with Gasteiger partial charge in [-0.1, -0.05) is 35.0 Å². The molecule has 0 aliphatic heterocycles. The molecule has 1 rings (SSSR count). The summed E-state index contributed by atoms with van der Waals surface area (Å²) in [4.78, 5) is 1.91. The second-order valence-electron chi connectivity index (χ2n) is 2.84. The molecule has 1 aromatic carbocycles. The lowest BCUT2D eigenvalue weighted by molar-refractivity contribution is 0.955. The molecular formula is C10H13BrS. The lowest BCUT2D eigenvalue weighted by Crippen LogP contribution is -1.95. The lowest BCUT2D eigenvalue weighted by Gasteiger charge is -2.04. The predicted molar refractivity (Wildman–Crippen MR) is 60.3 cm³/mol. The molecule has 0 heterocycles. The van der Waals surface area contributed by atoms with E-state index in [-0.39, 0.29) is 0 Å². The molecule has 1 unspecified atom stereocenters. The van der Waals surface area contributed by atoms with Crippen LogP contribution >= 0.6 is 27.7 Å². The van der Waals surface area contributed by atoms with Gasteiger partial charge in [-0.25, -0.2) is 0 Å². The Morgan fingerprint density at radius 2 is 2.25 bits per heavy atom. The van der Waals surface area contributed by atoms with Crippen molar-refractivity contribution in [2.75, 3.05) is 6.26 Å². The Hall–Kier alpha value is 0.0500. The van der Waals surface area contributed by atoms with Crippen molar-refractivity contribution in [3.8, 4) is 0 Å². The third-order valence-corrected chi connectivity index (χ3v) is 2.70. The summed E-state index contributed by atoms with van der Waals surface area (Å²) in [6.07, 6.45) is 3.21. The van der Waals surface area contributed by atoms with Gasteiger partial charge >= 0.3 is 0 Å². The molecule has 2 heteroatoms. The van der Waals surface area contributed by atoms with Gasteiger partial charge < -0.3 is 0 Å². The standard InChI is InChI=1S/C10H13BrS/c1-8(11)6-9-4-3-5-10(7-9)12-2/h3-5,7-8H,6H2,1-2H3. The van der Waals surface area contributed by atoms with E-state index < -0.39 is 0 Å². The third-order valence-electron chi connectivity index (χ3n) is 1.65. The van der Waals surface area contributed by atoms with Crippen molar-refractivity contribution < 1.29 is 0 Å². The fraction of sp³-hybridized carbons (Fsp3) is 0.400. The summed E-state index contributed by atoms with van der Waals surface area (Å²) in [7, 11) is 0. The first-order valence-corrected chi connectivity index (χ1v) is 6.13. The molecule has 0 aliphatic rings. The van der Waals surface area contributed by atoms with E-state index in [9.17, 15) is 0 Å². The van der Waals surface area contributed by atoms with Gasteiger partial charge in [-0.2, -0.15) is 0 Å². The Morgan fingerprint density at radius 1 is 1.50 bits per heavy atom. The maximum Gasteiger partial charge on any atom is 0.0157 e. The van der Waals surface area contributed by atoms with E-state index in [0.717, 1.165) is 6.42 Å². The SMILES string of the molecule is CSc1cccc(CC(C)Br)c1. The fourth-order valence-corrected chi connectivity index (χ4v) is 1.98. The molecule has 0 saturated heterocycles. The van der Waals surface area contributed by atoms with E-state index in [1.165, 1.54) is 10.5 Å². The highest BCUT2D eigenvalue weighted by molar-refractivity contribution is 9.09. The number of hydrogen-bond donors (Lipinski definition) is 0. The molecule has 0 radical (unpaired) electrons. The molecule has 0 aliphatic carbocycles. The van der Waals surface area contributed by atoms with Crippen LogP contribution in [0.25, 0.3) is 0 Å². The normalized spacial score (nSPS) is 12.9. The molecule has 0 amide bonds. The van der Waals surface area contributed by atoms with Crippen molar-refractivity contribution in [3.63, 3.8) is 0 Å². The van der Waals surface area contributed by atoms with Crippen molar-refractivity contribution >= 4 is 27.7 Å². The molecular weight excluding hydrogens is 232 g/mol. The zero-order valence-electron chi connectivity index (χ0n) is 7.38. The van der Waals surface area contributed by atoms with Crippen LogP contribution in [0.3, 0.4) is 0 Å². The summed E-state index contributed by atoms with van der Waals surface area (Å²) >= 11 is 5.35. The summed E-state index contributed by atoms with van der Waals surface area (Å²) in [5.41, 5.74) is 1.41. The molecule has 66 valence electrons. The zero-order valence-corrected chi connectivity index (χ0v) is 9.78. The average Bonchev–Trinajstić information content (AvgIpc) is 2.03. The molecule has 0 aromatic heterocycles. The Bertz CT molecular complexity index is 245. The quantitative estimate of drug-likeness (QED) is 0.577. The second-order valence-corrected chi connectivity index (χ2v) is 5.28. The molecule has 0 N–H and O–H groups in total. The third kappa shape index (κ3) is 3.20. The van der Waals surface area contributed by atoms with Gasteiger partial charge in [0.2, 0.25) is 0 Å². The van der Waals surface area contributed by atoms with Crippen molar-refractivity contribution in [1.82, 2.24) is 0 Å². The summed E-state index contributed by atoms with van der Waals surface area (Å²) in [6, 6.07) is 8.70. The monoisotopic (exact) mass is 244 g/mol. The fourth-order valence-electron chi connectivity index (χ4n) is 1.12. The van der Waals surface area contributed by atoms with Gasteiger partial charge in [-0.05, 0) is 30.4 Å². The lowest BCUT2D eigenvalue weighted by atomic mass is 10.1. The Labute approximate surface area is 86.9 Å². The van der Waals surface area contributed by atoms with E-state index in [2.05, 4.69) is 53.4 Å². The maximum atomic E-state index is 3.55. The van der Waals surface area contributed by atoms with Crippen LogP contribution in [0.15, 0.2) is 29.2 Å². The largest absolute Gasteiger partial charge is 0.130 e. The molecule has 1 aromatic rings. The molecule has 0 bridgehead atoms. The first-order valence-electron chi connectivity index (χ1n) is 3.99. The van der Waals surface area contributed by atoms with Gasteiger partial charge in [-0.15, -0.1) is 11.8 Å². The highest BCUT2D eigenvalue weighted by Crippen LogP contribution is 2.17. The van der Waals surface area contributed by atoms with E-state index >= 15 is 0 Å². The van der Waals surface area contributed by atoms with Crippen LogP contribution in [0.1, 0.15) is 12.5 Å². The van der Waals surface area contributed by atoms with Crippen LogP contribution in [0.5, 0.6) is 0 Å². The number of rotatable bonds is 3. The first-order chi connectivity index (χ1) is 5.72. The highest BCUT2D eigenvalue weighted by Gasteiger charge is 1.99. The van der Waals surface area contributed by atoms with Crippen molar-refractivity contribution in [3.05, 3.63) is 29.8 Å². The molecule has 1 atom stereocenters. The van der Waals surface area contributed by atoms with Gasteiger partial charge in [0.1, 0.15) is 0 Å². The van der Waals surface area contributed by atoms with Crippen molar-refractivity contribution in [2.24, 2.45) is 0 Å². The van der Waals surface area contributed by atoms with Crippen LogP contribution in [0, 0.1) is 0 Å². The minimum absolute atomic E-state index is 0.564. The molecule has 12 heavy (non-hydrogen) atoms. The number of benzene rings is 1. The van der Waals surface area contributed by atoms with Crippen molar-refractivity contribution in [1.29, 1.82) is 0 Å². The molecule has 0 spiro atoms. The van der Waals surface area contributed by atoms with E-state index in [4.69, 9.17) is 0 Å². The summed E-state index contributed by atoms with van der Waals surface area (Å²) in [6.45, 7) is 2.17. The molecule has 0 fully saturated rings. The van der Waals surface area contributed by atoms with Crippen LogP contribution in [0.2, 0.25) is 0 Å². The zero-order chi connectivity index (χ0) is 8.97. The number of thioether (sulfide) groups is 1. The summed E-state index contributed by atoms with van der Waals surface area (Å²) in [5, 5.41) is 0. The minimum Gasteiger partial charge on any atom is -0.130 e. The smallest absolute Gasteiger partial charge is 0.0157 e. The van der Waals surface area contributed by atoms with Gasteiger partial charge in [-0.3, -0.25) is 0 Å². The van der Waals surface area contributed by atoms with Crippen LogP contribution in [0.4, 0.5) is 0 Å². The van der Waals surface area contributed by atoms with Crippen LogP contribution < -0.4 is 0 Å². The summed E-state index contributed by atoms with van der Waals surface area (Å²) < 4.78 is 0. The summed E-state index contributed by atoms with van der Waals surface area (Å²) in [5.74, 6) is 0. The van der Waals surface area contributed by atoms with Gasteiger partial charge in [0.15, 0.2) is 0 Å². The predicted octanol–water partition coefficient (Wildman–Crippen LogP) is 3.73. The minimum atomic E-state index is 0.564. The van der Waals surface area contributed by atoms with E-state index in [1.807, 2.05) is 0 Å². The van der Waals surface area contributed by atoms with Crippen LogP contribution in [-0.4, -0.2) is 11.1 Å². The van der Waals surface area contributed by atoms with Gasteiger partial charge in [0, 0.05) is 9.72 Å². The second kappa shape index (κ2) is 4.93.